The standard InChI is InChI=1S/C13H23N5O2S/c1-18-6-3-4-9(18)8-16-12(19)10-11(14)17-13(21-10)15-5-7-20-2/h9H,3-8,14H2,1-2H3,(H,15,17)(H,16,19). The van der Waals surface area contributed by atoms with E-state index in [4.69, 9.17) is 10.5 Å². The predicted molar refractivity (Wildman–Crippen MR) is 84.9 cm³/mol. The fourth-order valence-electron chi connectivity index (χ4n) is 2.36. The highest BCUT2D eigenvalue weighted by molar-refractivity contribution is 7.18. The SMILES string of the molecule is COCCNc1nc(N)c(C(=O)NCC2CCCN2C)s1. The summed E-state index contributed by atoms with van der Waals surface area (Å²) in [6.07, 6.45) is 2.31. The number of nitrogens with one attached hydrogen (secondary N) is 2. The summed E-state index contributed by atoms with van der Waals surface area (Å²) in [7, 11) is 3.72. The van der Waals surface area contributed by atoms with Gasteiger partial charge in [0.25, 0.3) is 5.91 Å². The number of nitrogens with zero attached hydrogens (tertiary/aromatic N) is 2. The molecule has 2 heterocycles. The summed E-state index contributed by atoms with van der Waals surface area (Å²) in [5, 5.41) is 6.68. The Kier molecular flexibility index (Phi) is 5.77. The molecule has 4 N–H and O–H groups in total. The van der Waals surface area contributed by atoms with Crippen LogP contribution in [0.1, 0.15) is 22.5 Å². The van der Waals surface area contributed by atoms with Crippen LogP contribution in [0.4, 0.5) is 10.9 Å². The van der Waals surface area contributed by atoms with Gasteiger partial charge in [-0.1, -0.05) is 11.3 Å². The Labute approximate surface area is 128 Å². The van der Waals surface area contributed by atoms with Gasteiger partial charge in [-0.15, -0.1) is 0 Å². The van der Waals surface area contributed by atoms with Crippen LogP contribution in [-0.4, -0.2) is 62.2 Å². The molecule has 0 saturated carbocycles. The number of carbonyl (C=O) groups is 1. The highest BCUT2D eigenvalue weighted by Crippen LogP contribution is 2.24. The number of hydrogen-bond donors (Lipinski definition) is 3. The molecule has 0 aliphatic carbocycles. The third-order valence-electron chi connectivity index (χ3n) is 3.61. The zero-order chi connectivity index (χ0) is 15.2. The van der Waals surface area contributed by atoms with E-state index in [-0.39, 0.29) is 11.7 Å². The zero-order valence-electron chi connectivity index (χ0n) is 12.5. The van der Waals surface area contributed by atoms with Crippen molar-refractivity contribution in [2.45, 2.75) is 18.9 Å². The lowest BCUT2D eigenvalue weighted by Crippen LogP contribution is -2.38. The van der Waals surface area contributed by atoms with Gasteiger partial charge < -0.3 is 26.0 Å². The molecule has 1 aliphatic heterocycles. The predicted octanol–water partition coefficient (Wildman–Crippen LogP) is 0.608. The van der Waals surface area contributed by atoms with Gasteiger partial charge in [-0.3, -0.25) is 4.79 Å². The van der Waals surface area contributed by atoms with Crippen LogP contribution in [0.3, 0.4) is 0 Å². The number of nitrogens with two attached hydrogens (primary N) is 1. The summed E-state index contributed by atoms with van der Waals surface area (Å²) in [4.78, 5) is 19.1. The van der Waals surface area contributed by atoms with E-state index < -0.39 is 0 Å². The molecule has 1 aromatic rings. The number of ether oxygens (including phenoxy) is 1. The van der Waals surface area contributed by atoms with Gasteiger partial charge in [-0.05, 0) is 26.4 Å². The van der Waals surface area contributed by atoms with Crippen LogP contribution in [0.2, 0.25) is 0 Å². The van der Waals surface area contributed by atoms with Crippen molar-refractivity contribution < 1.29 is 9.53 Å². The molecule has 118 valence electrons. The second-order valence-electron chi connectivity index (χ2n) is 5.14. The zero-order valence-corrected chi connectivity index (χ0v) is 13.3. The van der Waals surface area contributed by atoms with Crippen molar-refractivity contribution in [2.75, 3.05) is 51.4 Å². The van der Waals surface area contributed by atoms with Crippen LogP contribution in [0, 0.1) is 0 Å². The first-order chi connectivity index (χ1) is 10.1. The van der Waals surface area contributed by atoms with Crippen molar-refractivity contribution in [3.05, 3.63) is 4.88 Å². The van der Waals surface area contributed by atoms with Crippen molar-refractivity contribution >= 4 is 28.2 Å². The molecule has 1 fully saturated rings. The number of carbonyl (C=O) groups excluding carboxylic acids is 1. The van der Waals surface area contributed by atoms with E-state index in [0.29, 0.717) is 35.7 Å². The molecule has 2 rings (SSSR count). The summed E-state index contributed by atoms with van der Waals surface area (Å²) < 4.78 is 4.95. The summed E-state index contributed by atoms with van der Waals surface area (Å²) in [6, 6.07) is 0.419. The van der Waals surface area contributed by atoms with E-state index in [9.17, 15) is 4.79 Å². The van der Waals surface area contributed by atoms with E-state index in [1.807, 2.05) is 0 Å². The molecular formula is C13H23N5O2S. The lowest BCUT2D eigenvalue weighted by atomic mass is 10.2. The van der Waals surface area contributed by atoms with Crippen LogP contribution >= 0.6 is 11.3 Å². The average molecular weight is 313 g/mol. The third-order valence-corrected chi connectivity index (χ3v) is 4.64. The molecule has 1 atom stereocenters. The molecule has 1 aromatic heterocycles. The van der Waals surface area contributed by atoms with Gasteiger partial charge in [0.15, 0.2) is 5.13 Å². The Morgan fingerprint density at radius 3 is 3.10 bits per heavy atom. The molecule has 0 spiro atoms. The van der Waals surface area contributed by atoms with Gasteiger partial charge >= 0.3 is 0 Å². The lowest BCUT2D eigenvalue weighted by Gasteiger charge is -2.19. The fraction of sp³-hybridized carbons (Fsp3) is 0.692. The summed E-state index contributed by atoms with van der Waals surface area (Å²) in [5.74, 6) is 0.127. The number of aromatic nitrogens is 1. The Balaban J connectivity index is 1.86. The molecule has 8 heteroatoms. The maximum Gasteiger partial charge on any atom is 0.265 e. The highest BCUT2D eigenvalue weighted by atomic mass is 32.1. The van der Waals surface area contributed by atoms with E-state index in [0.717, 1.165) is 13.0 Å². The molecule has 1 amide bonds. The normalized spacial score (nSPS) is 18.9. The fourth-order valence-corrected chi connectivity index (χ4v) is 3.18. The summed E-state index contributed by atoms with van der Waals surface area (Å²) >= 11 is 1.27. The molecule has 1 unspecified atom stereocenters. The van der Waals surface area contributed by atoms with E-state index in [1.54, 1.807) is 7.11 Å². The number of thiazole rings is 1. The molecule has 21 heavy (non-hydrogen) atoms. The largest absolute Gasteiger partial charge is 0.383 e. The Morgan fingerprint density at radius 2 is 2.43 bits per heavy atom. The van der Waals surface area contributed by atoms with Crippen molar-refractivity contribution in [2.24, 2.45) is 0 Å². The number of amides is 1. The number of likely N-dealkylation sites (N-methyl/N-ethyl adjacent to an activating group) is 1. The Hall–Kier alpha value is -1.38. The van der Waals surface area contributed by atoms with Gasteiger partial charge in [-0.25, -0.2) is 4.98 Å². The molecule has 1 saturated heterocycles. The van der Waals surface area contributed by atoms with Gasteiger partial charge in [0, 0.05) is 26.2 Å². The molecule has 0 radical (unpaired) electrons. The minimum Gasteiger partial charge on any atom is -0.383 e. The highest BCUT2D eigenvalue weighted by Gasteiger charge is 2.22. The van der Waals surface area contributed by atoms with Gasteiger partial charge in [0.2, 0.25) is 0 Å². The number of anilines is 2. The first-order valence-corrected chi connectivity index (χ1v) is 7.91. The van der Waals surface area contributed by atoms with Crippen LogP contribution in [-0.2, 0) is 4.74 Å². The molecule has 1 aliphatic rings. The van der Waals surface area contributed by atoms with Crippen LogP contribution in [0.15, 0.2) is 0 Å². The van der Waals surface area contributed by atoms with Crippen molar-refractivity contribution in [1.29, 1.82) is 0 Å². The maximum atomic E-state index is 12.2. The van der Waals surface area contributed by atoms with Crippen molar-refractivity contribution in [3.63, 3.8) is 0 Å². The quantitative estimate of drug-likeness (QED) is 0.639. The molecular weight excluding hydrogens is 290 g/mol. The van der Waals surface area contributed by atoms with E-state index >= 15 is 0 Å². The van der Waals surface area contributed by atoms with Crippen LogP contribution < -0.4 is 16.4 Å². The monoisotopic (exact) mass is 313 g/mol. The number of likely N-dealkylation sites (tertiary alicyclic amines) is 1. The molecule has 0 bridgehead atoms. The Morgan fingerprint density at radius 1 is 1.62 bits per heavy atom. The number of hydrogen-bond acceptors (Lipinski definition) is 7. The van der Waals surface area contributed by atoms with Crippen LogP contribution in [0.5, 0.6) is 0 Å². The van der Waals surface area contributed by atoms with Crippen molar-refractivity contribution in [3.8, 4) is 0 Å². The molecule has 7 nitrogen and oxygen atoms in total. The average Bonchev–Trinajstić information content (AvgIpc) is 3.03. The number of methoxy groups -OCH3 is 1. The number of rotatable bonds is 7. The van der Waals surface area contributed by atoms with Crippen LogP contribution in [0.25, 0.3) is 0 Å². The first kappa shape index (κ1) is 16.0. The summed E-state index contributed by atoms with van der Waals surface area (Å²) in [6.45, 7) is 2.96. The van der Waals surface area contributed by atoms with Gasteiger partial charge in [0.1, 0.15) is 10.7 Å². The van der Waals surface area contributed by atoms with E-state index in [1.165, 1.54) is 17.8 Å². The van der Waals surface area contributed by atoms with E-state index in [2.05, 4.69) is 27.6 Å². The number of nitrogen functional groups attached to an aromatic ring is 1. The Bertz CT molecular complexity index is 479. The minimum absolute atomic E-state index is 0.148. The minimum atomic E-state index is -0.148. The third kappa shape index (κ3) is 4.29. The summed E-state index contributed by atoms with van der Waals surface area (Å²) in [5.41, 5.74) is 5.81. The topological polar surface area (TPSA) is 92.5 Å². The van der Waals surface area contributed by atoms with Crippen molar-refractivity contribution in [1.82, 2.24) is 15.2 Å². The first-order valence-electron chi connectivity index (χ1n) is 7.09. The van der Waals surface area contributed by atoms with Gasteiger partial charge in [0.05, 0.1) is 6.61 Å². The maximum absolute atomic E-state index is 12.2. The smallest absolute Gasteiger partial charge is 0.265 e. The molecule has 0 aromatic carbocycles. The lowest BCUT2D eigenvalue weighted by molar-refractivity contribution is 0.0948. The second kappa shape index (κ2) is 7.58. The van der Waals surface area contributed by atoms with Gasteiger partial charge in [-0.2, -0.15) is 0 Å². The second-order valence-corrected chi connectivity index (χ2v) is 6.14.